The van der Waals surface area contributed by atoms with Gasteiger partial charge in [0, 0.05) is 11.6 Å². The molecule has 7 heteroatoms. The van der Waals surface area contributed by atoms with Crippen molar-refractivity contribution in [3.8, 4) is 5.69 Å². The van der Waals surface area contributed by atoms with E-state index in [-0.39, 0.29) is 17.0 Å². The fraction of sp³-hybridized carbons (Fsp3) is 0.250. The lowest BCUT2D eigenvalue weighted by Crippen LogP contribution is -2.26. The van der Waals surface area contributed by atoms with Crippen LogP contribution in [0.5, 0.6) is 0 Å². The summed E-state index contributed by atoms with van der Waals surface area (Å²) in [5.74, 6) is 0.994. The summed E-state index contributed by atoms with van der Waals surface area (Å²) in [5, 5.41) is 7.98. The molecule has 0 spiro atoms. The molecule has 2 aromatic heterocycles. The van der Waals surface area contributed by atoms with Crippen molar-refractivity contribution in [2.75, 3.05) is 5.32 Å². The lowest BCUT2D eigenvalue weighted by atomic mass is 10.1. The molecular formula is C24H25N5O2. The van der Waals surface area contributed by atoms with Crippen molar-refractivity contribution in [1.29, 1.82) is 0 Å². The number of anilines is 1. The van der Waals surface area contributed by atoms with Gasteiger partial charge in [0.25, 0.3) is 11.5 Å². The number of carbonyl (C=O) groups is 1. The molecule has 0 unspecified atom stereocenters. The summed E-state index contributed by atoms with van der Waals surface area (Å²) in [4.78, 5) is 30.3. The minimum Gasteiger partial charge on any atom is -0.307 e. The van der Waals surface area contributed by atoms with Crippen molar-refractivity contribution in [1.82, 2.24) is 19.3 Å². The molecular weight excluding hydrogens is 390 g/mol. The van der Waals surface area contributed by atoms with E-state index in [0.29, 0.717) is 33.8 Å². The maximum absolute atomic E-state index is 13.0. The highest BCUT2D eigenvalue weighted by molar-refractivity contribution is 6.04. The molecule has 0 aliphatic carbocycles. The summed E-state index contributed by atoms with van der Waals surface area (Å²) in [6, 6.07) is 16.0. The van der Waals surface area contributed by atoms with Gasteiger partial charge in [-0.3, -0.25) is 14.2 Å². The van der Waals surface area contributed by atoms with E-state index in [9.17, 15) is 9.59 Å². The Labute approximate surface area is 180 Å². The number of hydrogen-bond donors (Lipinski definition) is 1. The normalized spacial score (nSPS) is 11.6. The maximum atomic E-state index is 13.0. The Bertz CT molecular complexity index is 1340. The van der Waals surface area contributed by atoms with Crippen LogP contribution in [0.1, 0.15) is 42.6 Å². The summed E-state index contributed by atoms with van der Waals surface area (Å²) in [6.45, 7) is 9.78. The highest BCUT2D eigenvalue weighted by Crippen LogP contribution is 2.22. The van der Waals surface area contributed by atoms with Gasteiger partial charge in [0.05, 0.1) is 27.8 Å². The van der Waals surface area contributed by atoms with E-state index in [0.717, 1.165) is 5.69 Å². The molecule has 4 aromatic rings. The number of carbonyl (C=O) groups excluding carboxylic acids is 1. The first kappa shape index (κ1) is 20.5. The molecule has 0 bridgehead atoms. The summed E-state index contributed by atoms with van der Waals surface area (Å²) in [7, 11) is 0. The molecule has 31 heavy (non-hydrogen) atoms. The van der Waals surface area contributed by atoms with Gasteiger partial charge in [-0.1, -0.05) is 12.1 Å². The molecule has 1 N–H and O–H groups in total. The monoisotopic (exact) mass is 415 g/mol. The zero-order chi connectivity index (χ0) is 22.3. The van der Waals surface area contributed by atoms with Crippen LogP contribution in [0.4, 0.5) is 5.82 Å². The van der Waals surface area contributed by atoms with Crippen LogP contribution in [0.2, 0.25) is 0 Å². The highest BCUT2D eigenvalue weighted by atomic mass is 16.1. The van der Waals surface area contributed by atoms with Gasteiger partial charge in [-0.15, -0.1) is 0 Å². The Kier molecular flexibility index (Phi) is 4.97. The van der Waals surface area contributed by atoms with Gasteiger partial charge in [-0.25, -0.2) is 9.67 Å². The van der Waals surface area contributed by atoms with Crippen LogP contribution in [0, 0.1) is 13.8 Å². The quantitative estimate of drug-likeness (QED) is 0.544. The number of aromatic nitrogens is 4. The van der Waals surface area contributed by atoms with Crippen LogP contribution in [0.15, 0.2) is 59.4 Å². The molecule has 0 atom stereocenters. The zero-order valence-corrected chi connectivity index (χ0v) is 18.3. The van der Waals surface area contributed by atoms with Crippen molar-refractivity contribution in [3.05, 3.63) is 82.0 Å². The number of para-hydroxylation sites is 1. The standard InChI is InChI=1S/C24H25N5O2/c1-15-14-21(29(27-15)24(3,4)5)26-22(30)17-10-12-18(13-11-17)28-16(2)25-20-9-7-6-8-19(20)23(28)31/h6-14H,1-5H3,(H,26,30). The molecule has 2 heterocycles. The van der Waals surface area contributed by atoms with Gasteiger partial charge in [-0.05, 0) is 71.0 Å². The number of fused-ring (bicyclic) bond motifs is 1. The van der Waals surface area contributed by atoms with E-state index in [1.165, 1.54) is 0 Å². The van der Waals surface area contributed by atoms with Crippen molar-refractivity contribution in [2.45, 2.75) is 40.2 Å². The van der Waals surface area contributed by atoms with Gasteiger partial charge in [0.2, 0.25) is 0 Å². The lowest BCUT2D eigenvalue weighted by molar-refractivity contribution is 0.102. The van der Waals surface area contributed by atoms with Crippen LogP contribution >= 0.6 is 0 Å². The fourth-order valence-corrected chi connectivity index (χ4v) is 3.60. The third-order valence-corrected chi connectivity index (χ3v) is 5.04. The molecule has 0 aliphatic rings. The second kappa shape index (κ2) is 7.50. The fourth-order valence-electron chi connectivity index (χ4n) is 3.60. The summed E-state index contributed by atoms with van der Waals surface area (Å²) < 4.78 is 3.36. The average molecular weight is 415 g/mol. The van der Waals surface area contributed by atoms with Crippen molar-refractivity contribution in [3.63, 3.8) is 0 Å². The van der Waals surface area contributed by atoms with Crippen molar-refractivity contribution >= 4 is 22.6 Å². The smallest absolute Gasteiger partial charge is 0.265 e. The molecule has 7 nitrogen and oxygen atoms in total. The number of aryl methyl sites for hydroxylation is 2. The van der Waals surface area contributed by atoms with E-state index >= 15 is 0 Å². The van der Waals surface area contributed by atoms with E-state index in [1.54, 1.807) is 46.5 Å². The minimum absolute atomic E-state index is 0.134. The largest absolute Gasteiger partial charge is 0.307 e. The highest BCUT2D eigenvalue weighted by Gasteiger charge is 2.20. The molecule has 158 valence electrons. The number of hydrogen-bond acceptors (Lipinski definition) is 4. The van der Waals surface area contributed by atoms with E-state index < -0.39 is 0 Å². The third kappa shape index (κ3) is 3.86. The summed E-state index contributed by atoms with van der Waals surface area (Å²) in [6.07, 6.45) is 0. The van der Waals surface area contributed by atoms with Crippen molar-refractivity contribution in [2.24, 2.45) is 0 Å². The Morgan fingerprint density at radius 2 is 1.68 bits per heavy atom. The molecule has 0 saturated heterocycles. The van der Waals surface area contributed by atoms with Crippen LogP contribution in [-0.4, -0.2) is 25.2 Å². The van der Waals surface area contributed by atoms with Crippen LogP contribution < -0.4 is 10.9 Å². The third-order valence-electron chi connectivity index (χ3n) is 5.04. The molecule has 0 radical (unpaired) electrons. The molecule has 0 aliphatic heterocycles. The maximum Gasteiger partial charge on any atom is 0.265 e. The minimum atomic E-state index is -0.261. The first-order chi connectivity index (χ1) is 14.6. The first-order valence-electron chi connectivity index (χ1n) is 10.1. The average Bonchev–Trinajstić information content (AvgIpc) is 3.09. The van der Waals surface area contributed by atoms with E-state index in [2.05, 4.69) is 15.4 Å². The lowest BCUT2D eigenvalue weighted by Gasteiger charge is -2.22. The number of nitrogens with zero attached hydrogens (tertiary/aromatic N) is 4. The summed E-state index contributed by atoms with van der Waals surface area (Å²) >= 11 is 0. The van der Waals surface area contributed by atoms with Crippen LogP contribution in [0.25, 0.3) is 16.6 Å². The predicted octanol–water partition coefficient (Wildman–Crippen LogP) is 4.21. The van der Waals surface area contributed by atoms with Gasteiger partial charge in [-0.2, -0.15) is 5.10 Å². The molecule has 4 rings (SSSR count). The first-order valence-corrected chi connectivity index (χ1v) is 10.1. The Balaban J connectivity index is 1.65. The predicted molar refractivity (Wildman–Crippen MR) is 122 cm³/mol. The topological polar surface area (TPSA) is 81.8 Å². The molecule has 0 saturated carbocycles. The zero-order valence-electron chi connectivity index (χ0n) is 18.3. The van der Waals surface area contributed by atoms with Gasteiger partial charge in [0.15, 0.2) is 0 Å². The SMILES string of the molecule is Cc1cc(NC(=O)c2ccc(-n3c(C)nc4ccccc4c3=O)cc2)n(C(C)(C)C)n1. The Hall–Kier alpha value is -3.74. The summed E-state index contributed by atoms with van der Waals surface area (Å²) in [5.41, 5.74) is 2.25. The van der Waals surface area contributed by atoms with Crippen LogP contribution in [0.3, 0.4) is 0 Å². The van der Waals surface area contributed by atoms with Gasteiger partial charge in [0.1, 0.15) is 11.6 Å². The van der Waals surface area contributed by atoms with E-state index in [1.807, 2.05) is 52.0 Å². The number of amides is 1. The number of rotatable bonds is 3. The number of benzene rings is 2. The second-order valence-electron chi connectivity index (χ2n) is 8.57. The molecule has 2 aromatic carbocycles. The Morgan fingerprint density at radius 3 is 2.35 bits per heavy atom. The van der Waals surface area contributed by atoms with Crippen LogP contribution in [-0.2, 0) is 5.54 Å². The molecule has 0 fully saturated rings. The molecule has 1 amide bonds. The van der Waals surface area contributed by atoms with Gasteiger partial charge < -0.3 is 5.32 Å². The second-order valence-corrected chi connectivity index (χ2v) is 8.57. The Morgan fingerprint density at radius 1 is 1.00 bits per heavy atom. The van der Waals surface area contributed by atoms with Gasteiger partial charge >= 0.3 is 0 Å². The number of nitrogens with one attached hydrogen (secondary N) is 1. The van der Waals surface area contributed by atoms with E-state index in [4.69, 9.17) is 0 Å². The van der Waals surface area contributed by atoms with Crippen molar-refractivity contribution < 1.29 is 4.79 Å².